The molecule has 1 saturated heterocycles. The van der Waals surface area contributed by atoms with E-state index in [1.165, 1.54) is 0 Å². The highest BCUT2D eigenvalue weighted by Gasteiger charge is 2.14. The third-order valence-electron chi connectivity index (χ3n) is 1.31. The molecule has 1 aliphatic heterocycles. The Morgan fingerprint density at radius 2 is 2.25 bits per heavy atom. The number of carbonyl (C=O) groups is 1. The molecule has 0 saturated carbocycles. The Kier molecular flexibility index (Phi) is 2.45. The molecule has 0 bridgehead atoms. The molecule has 0 aromatic rings. The van der Waals surface area contributed by atoms with Gasteiger partial charge in [0, 0.05) is 20.0 Å². The van der Waals surface area contributed by atoms with E-state index in [0.29, 0.717) is 5.91 Å². The van der Waals surface area contributed by atoms with E-state index in [0.717, 1.165) is 19.4 Å². The van der Waals surface area contributed by atoms with E-state index >= 15 is 0 Å². The maximum atomic E-state index is 10.5. The van der Waals surface area contributed by atoms with Crippen LogP contribution in [0.2, 0.25) is 0 Å². The number of rotatable bonds is 0. The van der Waals surface area contributed by atoms with Crippen LogP contribution in [-0.4, -0.2) is 24.4 Å². The Balaban J connectivity index is 0.000000490. The van der Waals surface area contributed by atoms with Gasteiger partial charge in [-0.3, -0.25) is 9.50 Å². The summed E-state index contributed by atoms with van der Waals surface area (Å²) in [4.78, 5) is 12.3. The van der Waals surface area contributed by atoms with Crippen LogP contribution in [0.4, 0.5) is 4.70 Å². The van der Waals surface area contributed by atoms with Crippen LogP contribution in [0.5, 0.6) is 0 Å². The molecule has 2 nitrogen and oxygen atoms in total. The fraction of sp³-hybridized carbons (Fsp3) is 0.800. The van der Waals surface area contributed by atoms with Crippen molar-refractivity contribution in [3.63, 3.8) is 0 Å². The number of nitrogens with zero attached hydrogens (tertiary/aromatic N) is 1. The highest BCUT2D eigenvalue weighted by molar-refractivity contribution is 5.77. The Bertz CT molecular complexity index is 94.4. The lowest BCUT2D eigenvalue weighted by Gasteiger charge is -2.03. The minimum Gasteiger partial charge on any atom is -0.346 e. The molecule has 0 aromatic carbocycles. The van der Waals surface area contributed by atoms with Gasteiger partial charge in [-0.2, -0.15) is 0 Å². The lowest BCUT2D eigenvalue weighted by molar-refractivity contribution is -0.126. The maximum Gasteiger partial charge on any atom is 0.222 e. The Morgan fingerprint density at radius 1 is 1.62 bits per heavy atom. The average Bonchev–Trinajstić information content (AvgIpc) is 1.91. The minimum atomic E-state index is 0. The summed E-state index contributed by atoms with van der Waals surface area (Å²) in [5, 5.41) is 0. The minimum absolute atomic E-state index is 0. The van der Waals surface area contributed by atoms with Crippen LogP contribution >= 0.6 is 0 Å². The third kappa shape index (κ3) is 1.18. The molecule has 1 aliphatic rings. The normalized spacial score (nSPS) is 18.6. The fourth-order valence-corrected chi connectivity index (χ4v) is 0.783. The van der Waals surface area contributed by atoms with Gasteiger partial charge in [-0.15, -0.1) is 0 Å². The number of hydrogen-bond donors (Lipinski definition) is 0. The summed E-state index contributed by atoms with van der Waals surface area (Å²) in [7, 11) is 1.84. The SMILES string of the molecule is CN1CCCC1=O.F. The van der Waals surface area contributed by atoms with Crippen molar-refractivity contribution >= 4 is 5.91 Å². The first-order valence-electron chi connectivity index (χ1n) is 2.54. The Morgan fingerprint density at radius 3 is 2.38 bits per heavy atom. The zero-order valence-corrected chi connectivity index (χ0v) is 4.89. The predicted octanol–water partition coefficient (Wildman–Crippen LogP) is 0.391. The molecule has 1 amide bonds. The van der Waals surface area contributed by atoms with Crippen molar-refractivity contribution in [2.24, 2.45) is 0 Å². The van der Waals surface area contributed by atoms with Gasteiger partial charge in [-0.25, -0.2) is 0 Å². The standard InChI is InChI=1S/C5H9NO.FH/c1-6-4-2-3-5(6)7;/h2-4H2,1H3;1H. The van der Waals surface area contributed by atoms with Gasteiger partial charge < -0.3 is 4.90 Å². The number of hydrogen-bond acceptors (Lipinski definition) is 1. The van der Waals surface area contributed by atoms with E-state index in [2.05, 4.69) is 0 Å². The second kappa shape index (κ2) is 2.64. The first-order chi connectivity index (χ1) is 3.30. The number of carbonyl (C=O) groups excluding carboxylic acids is 1. The average molecular weight is 119 g/mol. The molecule has 0 radical (unpaired) electrons. The molecule has 0 spiro atoms. The van der Waals surface area contributed by atoms with Crippen molar-refractivity contribution in [3.05, 3.63) is 0 Å². The second-order valence-corrected chi connectivity index (χ2v) is 1.92. The zero-order valence-electron chi connectivity index (χ0n) is 4.89. The molecule has 48 valence electrons. The van der Waals surface area contributed by atoms with Crippen LogP contribution in [0.25, 0.3) is 0 Å². The third-order valence-corrected chi connectivity index (χ3v) is 1.31. The summed E-state index contributed by atoms with van der Waals surface area (Å²) in [5.41, 5.74) is 0. The van der Waals surface area contributed by atoms with Gasteiger partial charge in [0.2, 0.25) is 5.91 Å². The Hall–Kier alpha value is -0.600. The van der Waals surface area contributed by atoms with Crippen molar-refractivity contribution in [3.8, 4) is 0 Å². The number of halogens is 1. The smallest absolute Gasteiger partial charge is 0.222 e. The lowest BCUT2D eigenvalue weighted by Crippen LogP contribution is -2.17. The van der Waals surface area contributed by atoms with Gasteiger partial charge >= 0.3 is 0 Å². The molecule has 0 atom stereocenters. The summed E-state index contributed by atoms with van der Waals surface area (Å²) in [6.45, 7) is 0.957. The van der Waals surface area contributed by atoms with Gasteiger partial charge in [-0.05, 0) is 6.42 Å². The van der Waals surface area contributed by atoms with Gasteiger partial charge in [0.25, 0.3) is 0 Å². The fourth-order valence-electron chi connectivity index (χ4n) is 0.783. The molecular formula is C5H10FNO. The Labute approximate surface area is 47.8 Å². The van der Waals surface area contributed by atoms with E-state index < -0.39 is 0 Å². The van der Waals surface area contributed by atoms with Crippen LogP contribution in [-0.2, 0) is 4.79 Å². The van der Waals surface area contributed by atoms with Crippen molar-refractivity contribution in [1.82, 2.24) is 4.90 Å². The molecular weight excluding hydrogens is 109 g/mol. The van der Waals surface area contributed by atoms with Crippen LogP contribution in [0.3, 0.4) is 0 Å². The highest BCUT2D eigenvalue weighted by Crippen LogP contribution is 2.04. The van der Waals surface area contributed by atoms with Gasteiger partial charge in [0.05, 0.1) is 0 Å². The second-order valence-electron chi connectivity index (χ2n) is 1.92. The zero-order chi connectivity index (χ0) is 5.28. The maximum absolute atomic E-state index is 10.5. The molecule has 1 fully saturated rings. The summed E-state index contributed by atoms with van der Waals surface area (Å²) in [6.07, 6.45) is 1.81. The quantitative estimate of drug-likeness (QED) is 0.451. The largest absolute Gasteiger partial charge is 0.346 e. The first-order valence-corrected chi connectivity index (χ1v) is 2.54. The van der Waals surface area contributed by atoms with Crippen molar-refractivity contribution < 1.29 is 9.50 Å². The van der Waals surface area contributed by atoms with E-state index in [9.17, 15) is 4.79 Å². The van der Waals surface area contributed by atoms with E-state index in [1.807, 2.05) is 7.05 Å². The van der Waals surface area contributed by atoms with E-state index in [-0.39, 0.29) is 4.70 Å². The molecule has 0 aromatic heterocycles. The summed E-state index contributed by atoms with van der Waals surface area (Å²) in [5.74, 6) is 0.292. The molecule has 3 heteroatoms. The van der Waals surface area contributed by atoms with Gasteiger partial charge in [0.1, 0.15) is 0 Å². The predicted molar refractivity (Wildman–Crippen MR) is 29.4 cm³/mol. The van der Waals surface area contributed by atoms with E-state index in [4.69, 9.17) is 0 Å². The van der Waals surface area contributed by atoms with Crippen molar-refractivity contribution in [2.75, 3.05) is 13.6 Å². The van der Waals surface area contributed by atoms with Crippen LogP contribution in [0.15, 0.2) is 0 Å². The van der Waals surface area contributed by atoms with Crippen LogP contribution < -0.4 is 0 Å². The van der Waals surface area contributed by atoms with E-state index in [1.54, 1.807) is 4.90 Å². The van der Waals surface area contributed by atoms with Gasteiger partial charge in [0.15, 0.2) is 0 Å². The molecule has 1 rings (SSSR count). The molecule has 0 unspecified atom stereocenters. The highest BCUT2D eigenvalue weighted by atomic mass is 19.0. The van der Waals surface area contributed by atoms with Crippen molar-refractivity contribution in [1.29, 1.82) is 0 Å². The molecule has 8 heavy (non-hydrogen) atoms. The number of likely N-dealkylation sites (tertiary alicyclic amines) is 1. The molecule has 1 heterocycles. The first kappa shape index (κ1) is 7.40. The van der Waals surface area contributed by atoms with Crippen molar-refractivity contribution in [2.45, 2.75) is 12.8 Å². The van der Waals surface area contributed by atoms with Gasteiger partial charge in [-0.1, -0.05) is 0 Å². The lowest BCUT2D eigenvalue weighted by atomic mass is 10.4. The molecule has 0 N–H and O–H groups in total. The monoisotopic (exact) mass is 119 g/mol. The van der Waals surface area contributed by atoms with Crippen LogP contribution in [0, 0.1) is 0 Å². The molecule has 0 aliphatic carbocycles. The summed E-state index contributed by atoms with van der Waals surface area (Å²) in [6, 6.07) is 0. The number of amides is 1. The van der Waals surface area contributed by atoms with Crippen LogP contribution in [0.1, 0.15) is 12.8 Å². The summed E-state index contributed by atoms with van der Waals surface area (Å²) < 4.78 is 0. The summed E-state index contributed by atoms with van der Waals surface area (Å²) >= 11 is 0. The topological polar surface area (TPSA) is 20.3 Å².